The number of hydrogen-bond donors (Lipinski definition) is 0. The standard InChI is InChI=1S/C42H48N4O2/c1-3-44(4-2)35-18-21-39-40(29-35)43-41(30-47-36-14-8-5-9-15-36)48-42(39)37-19-16-33(45-22-10-6-11-23-45)27-31(37)26-32-28-34(17-20-38(32)42)46-24-12-7-13-25-46/h5,8-9,14-21,27-29H,3-4,6-7,10-13,22-26,30H2,1-2H3. The maximum absolute atomic E-state index is 7.32. The second-order valence-electron chi connectivity index (χ2n) is 13.7. The summed E-state index contributed by atoms with van der Waals surface area (Å²) in [5.74, 6) is 1.41. The van der Waals surface area contributed by atoms with E-state index in [-0.39, 0.29) is 6.61 Å². The smallest absolute Gasteiger partial charge is 0.229 e. The molecule has 248 valence electrons. The van der Waals surface area contributed by atoms with E-state index in [0.29, 0.717) is 5.90 Å². The summed E-state index contributed by atoms with van der Waals surface area (Å²) in [7, 11) is 0. The van der Waals surface area contributed by atoms with Gasteiger partial charge in [-0.25, -0.2) is 4.99 Å². The van der Waals surface area contributed by atoms with Gasteiger partial charge in [0.1, 0.15) is 5.75 Å². The number of benzene rings is 4. The molecule has 3 heterocycles. The SMILES string of the molecule is CCN(CC)c1ccc2c(c1)N=C(COc1ccccc1)OC21c2ccc(N3CCCCC3)cc2Cc2cc(N3CCCCC3)ccc21. The molecule has 4 aromatic carbocycles. The fourth-order valence-electron chi connectivity index (χ4n) is 8.40. The molecular formula is C42H48N4O2. The summed E-state index contributed by atoms with van der Waals surface area (Å²) < 4.78 is 13.6. The molecule has 8 rings (SSSR count). The molecule has 0 unspecified atom stereocenters. The quantitative estimate of drug-likeness (QED) is 0.193. The van der Waals surface area contributed by atoms with Crippen LogP contribution in [0.4, 0.5) is 22.7 Å². The minimum absolute atomic E-state index is 0.253. The number of para-hydroxylation sites is 1. The number of nitrogens with zero attached hydrogens (tertiary/aromatic N) is 4. The fraction of sp³-hybridized carbons (Fsp3) is 0.405. The van der Waals surface area contributed by atoms with Crippen LogP contribution in [0, 0.1) is 0 Å². The molecule has 3 aliphatic heterocycles. The Labute approximate surface area is 286 Å². The van der Waals surface area contributed by atoms with Crippen molar-refractivity contribution in [1.29, 1.82) is 0 Å². The van der Waals surface area contributed by atoms with Gasteiger partial charge in [0.15, 0.2) is 12.2 Å². The Bertz CT molecular complexity index is 1720. The monoisotopic (exact) mass is 640 g/mol. The van der Waals surface area contributed by atoms with Crippen LogP contribution in [0.1, 0.15) is 80.2 Å². The topological polar surface area (TPSA) is 40.5 Å². The maximum Gasteiger partial charge on any atom is 0.229 e. The van der Waals surface area contributed by atoms with Gasteiger partial charge in [0.25, 0.3) is 0 Å². The predicted molar refractivity (Wildman–Crippen MR) is 198 cm³/mol. The van der Waals surface area contributed by atoms with Crippen LogP contribution in [0.15, 0.2) is 89.9 Å². The van der Waals surface area contributed by atoms with Crippen molar-refractivity contribution in [3.8, 4) is 5.75 Å². The van der Waals surface area contributed by atoms with Crippen LogP contribution in [0.5, 0.6) is 5.75 Å². The Hall–Kier alpha value is -4.45. The van der Waals surface area contributed by atoms with Crippen molar-refractivity contribution >= 4 is 28.6 Å². The normalized spacial score (nSPS) is 17.9. The first-order valence-electron chi connectivity index (χ1n) is 18.3. The van der Waals surface area contributed by atoms with E-state index in [1.165, 1.54) is 77.8 Å². The summed E-state index contributed by atoms with van der Waals surface area (Å²) in [5.41, 5.74) is 10.2. The van der Waals surface area contributed by atoms with Crippen molar-refractivity contribution in [2.24, 2.45) is 4.99 Å². The predicted octanol–water partition coefficient (Wildman–Crippen LogP) is 8.85. The van der Waals surface area contributed by atoms with Crippen LogP contribution < -0.4 is 19.4 Å². The molecule has 2 fully saturated rings. The number of anilines is 3. The summed E-state index contributed by atoms with van der Waals surface area (Å²) in [6.45, 7) is 11.1. The van der Waals surface area contributed by atoms with Gasteiger partial charge in [-0.05, 0) is 118 Å². The van der Waals surface area contributed by atoms with E-state index in [9.17, 15) is 0 Å². The number of piperidine rings is 2. The van der Waals surface area contributed by atoms with Crippen molar-refractivity contribution in [3.05, 3.63) is 113 Å². The van der Waals surface area contributed by atoms with Crippen LogP contribution >= 0.6 is 0 Å². The lowest BCUT2D eigenvalue weighted by Crippen LogP contribution is -2.43. The highest BCUT2D eigenvalue weighted by Crippen LogP contribution is 2.53. The van der Waals surface area contributed by atoms with E-state index < -0.39 is 5.60 Å². The highest BCUT2D eigenvalue weighted by molar-refractivity contribution is 5.87. The Balaban J connectivity index is 1.30. The van der Waals surface area contributed by atoms with Gasteiger partial charge in [0, 0.05) is 73.0 Å². The highest BCUT2D eigenvalue weighted by atomic mass is 16.5. The van der Waals surface area contributed by atoms with Crippen LogP contribution in [-0.2, 0) is 16.8 Å². The van der Waals surface area contributed by atoms with Crippen molar-refractivity contribution in [1.82, 2.24) is 0 Å². The number of hydrogen-bond acceptors (Lipinski definition) is 6. The van der Waals surface area contributed by atoms with Crippen LogP contribution in [0.3, 0.4) is 0 Å². The Morgan fingerprint density at radius 1 is 0.688 bits per heavy atom. The van der Waals surface area contributed by atoms with Gasteiger partial charge in [0.2, 0.25) is 5.90 Å². The lowest BCUT2D eigenvalue weighted by Gasteiger charge is -2.45. The molecule has 0 bridgehead atoms. The largest absolute Gasteiger partial charge is 0.484 e. The minimum atomic E-state index is -0.835. The summed E-state index contributed by atoms with van der Waals surface area (Å²) >= 11 is 0. The third-order valence-electron chi connectivity index (χ3n) is 10.9. The zero-order valence-corrected chi connectivity index (χ0v) is 28.6. The lowest BCUT2D eigenvalue weighted by molar-refractivity contribution is 0.119. The van der Waals surface area contributed by atoms with Gasteiger partial charge in [0.05, 0.1) is 5.69 Å². The number of fused-ring (bicyclic) bond motifs is 6. The maximum atomic E-state index is 7.32. The van der Waals surface area contributed by atoms with Gasteiger partial charge in [-0.15, -0.1) is 0 Å². The molecule has 48 heavy (non-hydrogen) atoms. The lowest BCUT2D eigenvalue weighted by atomic mass is 9.70. The van der Waals surface area contributed by atoms with E-state index >= 15 is 0 Å². The Morgan fingerprint density at radius 2 is 1.27 bits per heavy atom. The molecule has 1 aliphatic carbocycles. The highest BCUT2D eigenvalue weighted by Gasteiger charge is 2.49. The van der Waals surface area contributed by atoms with Gasteiger partial charge >= 0.3 is 0 Å². The van der Waals surface area contributed by atoms with Gasteiger partial charge in [-0.2, -0.15) is 0 Å². The van der Waals surface area contributed by atoms with E-state index in [4.69, 9.17) is 14.5 Å². The van der Waals surface area contributed by atoms with E-state index in [0.717, 1.165) is 62.7 Å². The summed E-state index contributed by atoms with van der Waals surface area (Å²) in [4.78, 5) is 12.7. The van der Waals surface area contributed by atoms with Crippen molar-refractivity contribution in [2.75, 3.05) is 60.6 Å². The molecule has 1 spiro atoms. The molecule has 6 nitrogen and oxygen atoms in total. The third-order valence-corrected chi connectivity index (χ3v) is 10.9. The first-order valence-corrected chi connectivity index (χ1v) is 18.3. The molecule has 0 N–H and O–H groups in total. The van der Waals surface area contributed by atoms with Crippen LogP contribution in [0.2, 0.25) is 0 Å². The molecule has 4 aliphatic rings. The second-order valence-corrected chi connectivity index (χ2v) is 13.7. The average molecular weight is 641 g/mol. The third kappa shape index (κ3) is 5.59. The molecule has 0 atom stereocenters. The number of aliphatic imine (C=N–C) groups is 1. The molecule has 0 radical (unpaired) electrons. The van der Waals surface area contributed by atoms with Gasteiger partial charge < -0.3 is 24.2 Å². The first-order chi connectivity index (χ1) is 23.7. The average Bonchev–Trinajstić information content (AvgIpc) is 3.15. The van der Waals surface area contributed by atoms with E-state index in [1.807, 2.05) is 30.3 Å². The van der Waals surface area contributed by atoms with Crippen LogP contribution in [-0.4, -0.2) is 51.8 Å². The fourth-order valence-corrected chi connectivity index (χ4v) is 8.40. The van der Waals surface area contributed by atoms with Gasteiger partial charge in [-0.1, -0.05) is 36.4 Å². The molecular weight excluding hydrogens is 592 g/mol. The molecule has 4 aromatic rings. The zero-order valence-electron chi connectivity index (χ0n) is 28.6. The molecule has 2 saturated heterocycles. The summed E-state index contributed by atoms with van der Waals surface area (Å²) in [5, 5.41) is 0. The molecule has 0 aromatic heterocycles. The minimum Gasteiger partial charge on any atom is -0.484 e. The van der Waals surface area contributed by atoms with Crippen molar-refractivity contribution in [3.63, 3.8) is 0 Å². The molecule has 0 amide bonds. The second kappa shape index (κ2) is 13.2. The Kier molecular flexibility index (Phi) is 8.50. The Morgan fingerprint density at radius 3 is 1.85 bits per heavy atom. The molecule has 0 saturated carbocycles. The van der Waals surface area contributed by atoms with Crippen LogP contribution in [0.25, 0.3) is 0 Å². The number of rotatable bonds is 8. The zero-order chi connectivity index (χ0) is 32.5. The summed E-state index contributed by atoms with van der Waals surface area (Å²) in [6, 6.07) is 31.1. The van der Waals surface area contributed by atoms with E-state index in [1.54, 1.807) is 0 Å². The van der Waals surface area contributed by atoms with Gasteiger partial charge in [-0.3, -0.25) is 0 Å². The van der Waals surface area contributed by atoms with Crippen molar-refractivity contribution < 1.29 is 9.47 Å². The first kappa shape index (κ1) is 30.9. The van der Waals surface area contributed by atoms with E-state index in [2.05, 4.69) is 83.1 Å². The molecule has 6 heteroatoms. The summed E-state index contributed by atoms with van der Waals surface area (Å²) in [6.07, 6.45) is 8.57. The number of ether oxygens (including phenoxy) is 2. The van der Waals surface area contributed by atoms with Crippen molar-refractivity contribution in [2.45, 2.75) is 64.4 Å².